The predicted octanol–water partition coefficient (Wildman–Crippen LogP) is 2.32. The first-order valence-electron chi connectivity index (χ1n) is 10.3. The van der Waals surface area contributed by atoms with Crippen molar-refractivity contribution in [3.63, 3.8) is 0 Å². The molecule has 0 bridgehead atoms. The maximum absolute atomic E-state index is 13.6. The van der Waals surface area contributed by atoms with Crippen LogP contribution in [0.2, 0.25) is 0 Å². The summed E-state index contributed by atoms with van der Waals surface area (Å²) in [7, 11) is 1.29. The number of carbonyl (C=O) groups is 3. The van der Waals surface area contributed by atoms with E-state index in [2.05, 4.69) is 4.99 Å². The van der Waals surface area contributed by atoms with Gasteiger partial charge in [-0.25, -0.2) is 9.79 Å². The van der Waals surface area contributed by atoms with Crippen LogP contribution in [-0.4, -0.2) is 29.6 Å². The molecular formula is C24H20N2O7S2. The van der Waals surface area contributed by atoms with Crippen molar-refractivity contribution in [3.05, 3.63) is 77.1 Å². The minimum Gasteiger partial charge on any atom is -0.466 e. The van der Waals surface area contributed by atoms with Crippen LogP contribution in [0, 0.1) is 0 Å². The van der Waals surface area contributed by atoms with Crippen LogP contribution in [0.3, 0.4) is 0 Å². The van der Waals surface area contributed by atoms with Crippen molar-refractivity contribution in [2.24, 2.45) is 4.99 Å². The van der Waals surface area contributed by atoms with Gasteiger partial charge in [0.2, 0.25) is 0 Å². The van der Waals surface area contributed by atoms with E-state index < -0.39 is 23.9 Å². The number of hydrogen-bond acceptors (Lipinski definition) is 10. The van der Waals surface area contributed by atoms with E-state index in [-0.39, 0.29) is 17.1 Å². The number of hydrogen-bond donors (Lipinski definition) is 0. The zero-order chi connectivity index (χ0) is 25.3. The summed E-state index contributed by atoms with van der Waals surface area (Å²) in [4.78, 5) is 54.9. The molecule has 35 heavy (non-hydrogen) atoms. The summed E-state index contributed by atoms with van der Waals surface area (Å²) in [6.45, 7) is 4.21. The number of allylic oxidation sites excluding steroid dienone is 1. The molecule has 1 aliphatic heterocycles. The van der Waals surface area contributed by atoms with E-state index in [1.165, 1.54) is 49.0 Å². The summed E-state index contributed by atoms with van der Waals surface area (Å²) in [6, 6.07) is 7.53. The number of carbonyl (C=O) groups excluding carboxylic acids is 3. The monoisotopic (exact) mass is 512 g/mol. The summed E-state index contributed by atoms with van der Waals surface area (Å²) in [5.74, 6) is -1.33. The Balaban J connectivity index is 1.91. The molecule has 0 N–H and O–H groups in total. The fourth-order valence-electron chi connectivity index (χ4n) is 3.66. The number of ether oxygens (including phenoxy) is 3. The lowest BCUT2D eigenvalue weighted by atomic mass is 10.0. The average molecular weight is 513 g/mol. The summed E-state index contributed by atoms with van der Waals surface area (Å²) >= 11 is 2.56. The molecule has 0 aliphatic carbocycles. The molecule has 11 heteroatoms. The first-order valence-corrected chi connectivity index (χ1v) is 12.0. The van der Waals surface area contributed by atoms with Gasteiger partial charge in [0.15, 0.2) is 4.80 Å². The van der Waals surface area contributed by atoms with Crippen LogP contribution in [0.1, 0.15) is 37.3 Å². The van der Waals surface area contributed by atoms with Crippen molar-refractivity contribution in [1.82, 2.24) is 4.57 Å². The van der Waals surface area contributed by atoms with Gasteiger partial charge in [-0.15, -0.1) is 11.3 Å². The molecule has 2 aromatic heterocycles. The topological polar surface area (TPSA) is 113 Å². The highest BCUT2D eigenvalue weighted by Crippen LogP contribution is 2.33. The van der Waals surface area contributed by atoms with Crippen LogP contribution in [-0.2, 0) is 19.1 Å². The third kappa shape index (κ3) is 4.86. The van der Waals surface area contributed by atoms with E-state index in [0.717, 1.165) is 16.2 Å². The van der Waals surface area contributed by atoms with Gasteiger partial charge in [0.05, 0.1) is 22.9 Å². The molecule has 180 valence electrons. The SMILES string of the molecule is COC(=O)C1=C(C)N=c2sc(=Cc3ccc(OC(C)=O)cc3OC(C)=O)c(=O)n2C1c1cccs1. The molecule has 0 spiro atoms. The Morgan fingerprint density at radius 1 is 1.11 bits per heavy atom. The number of benzene rings is 1. The van der Waals surface area contributed by atoms with Gasteiger partial charge in [0.1, 0.15) is 17.5 Å². The molecule has 0 saturated carbocycles. The second-order valence-corrected chi connectivity index (χ2v) is 9.46. The minimum atomic E-state index is -0.680. The fraction of sp³-hybridized carbons (Fsp3) is 0.208. The molecule has 0 saturated heterocycles. The van der Waals surface area contributed by atoms with Gasteiger partial charge in [-0.2, -0.15) is 0 Å². The van der Waals surface area contributed by atoms with Gasteiger partial charge in [0, 0.05) is 30.4 Å². The van der Waals surface area contributed by atoms with Crippen LogP contribution in [0.15, 0.2) is 56.8 Å². The van der Waals surface area contributed by atoms with Crippen molar-refractivity contribution in [3.8, 4) is 11.5 Å². The molecule has 3 heterocycles. The second kappa shape index (κ2) is 9.80. The Bertz CT molecular complexity index is 1550. The largest absolute Gasteiger partial charge is 0.466 e. The number of aromatic nitrogens is 1. The molecule has 1 atom stereocenters. The van der Waals surface area contributed by atoms with E-state index >= 15 is 0 Å². The van der Waals surface area contributed by atoms with Gasteiger partial charge >= 0.3 is 17.9 Å². The molecule has 1 aliphatic rings. The Morgan fingerprint density at radius 3 is 2.49 bits per heavy atom. The smallest absolute Gasteiger partial charge is 0.338 e. The van der Waals surface area contributed by atoms with Gasteiger partial charge in [-0.1, -0.05) is 17.4 Å². The van der Waals surface area contributed by atoms with Crippen LogP contribution in [0.5, 0.6) is 11.5 Å². The molecule has 3 aromatic rings. The highest BCUT2D eigenvalue weighted by atomic mass is 32.1. The molecule has 0 amide bonds. The Hall–Kier alpha value is -3.83. The maximum Gasteiger partial charge on any atom is 0.338 e. The highest BCUT2D eigenvalue weighted by Gasteiger charge is 2.33. The van der Waals surface area contributed by atoms with Gasteiger partial charge in [-0.05, 0) is 36.6 Å². The van der Waals surface area contributed by atoms with Crippen molar-refractivity contribution >= 4 is 46.7 Å². The summed E-state index contributed by atoms with van der Waals surface area (Å²) in [5.41, 5.74) is 0.825. The first kappa shape index (κ1) is 24.3. The summed E-state index contributed by atoms with van der Waals surface area (Å²) in [5, 5.41) is 1.87. The molecule has 1 unspecified atom stereocenters. The Labute approximate surface area is 207 Å². The molecule has 0 fully saturated rings. The normalized spacial score (nSPS) is 15.3. The van der Waals surface area contributed by atoms with Crippen LogP contribution >= 0.6 is 22.7 Å². The summed E-state index contributed by atoms with van der Waals surface area (Å²) in [6.07, 6.45) is 1.57. The lowest BCUT2D eigenvalue weighted by Crippen LogP contribution is -2.39. The molecule has 9 nitrogen and oxygen atoms in total. The van der Waals surface area contributed by atoms with Crippen LogP contribution < -0.4 is 24.4 Å². The third-order valence-corrected chi connectivity index (χ3v) is 6.93. The Morgan fingerprint density at radius 2 is 1.86 bits per heavy atom. The van der Waals surface area contributed by atoms with Gasteiger partial charge in [0.25, 0.3) is 5.56 Å². The number of esters is 3. The predicted molar refractivity (Wildman–Crippen MR) is 129 cm³/mol. The van der Waals surface area contributed by atoms with Crippen molar-refractivity contribution in [1.29, 1.82) is 0 Å². The standard InChI is InChI=1S/C24H20N2O7S2/c1-12-20(23(30)31-4)21(18-6-5-9-34-18)26-22(29)19(35-24(26)25-12)10-15-7-8-16(32-13(2)27)11-17(15)33-14(3)28/h5-11,21H,1-4H3. The molecular weight excluding hydrogens is 492 g/mol. The zero-order valence-electron chi connectivity index (χ0n) is 19.2. The van der Waals surface area contributed by atoms with Gasteiger partial charge in [-0.3, -0.25) is 19.0 Å². The van der Waals surface area contributed by atoms with Gasteiger partial charge < -0.3 is 14.2 Å². The quantitative estimate of drug-likeness (QED) is 0.381. The number of methoxy groups -OCH3 is 1. The number of nitrogens with zero attached hydrogens (tertiary/aromatic N) is 2. The van der Waals surface area contributed by atoms with Crippen LogP contribution in [0.4, 0.5) is 0 Å². The average Bonchev–Trinajstić information content (AvgIpc) is 3.42. The van der Waals surface area contributed by atoms with E-state index in [1.54, 1.807) is 19.1 Å². The van der Waals surface area contributed by atoms with E-state index in [1.807, 2.05) is 17.5 Å². The van der Waals surface area contributed by atoms with E-state index in [0.29, 0.717) is 26.2 Å². The minimum absolute atomic E-state index is 0.128. The van der Waals surface area contributed by atoms with Crippen molar-refractivity contribution < 1.29 is 28.6 Å². The number of thiazole rings is 1. The second-order valence-electron chi connectivity index (χ2n) is 7.48. The van der Waals surface area contributed by atoms with Crippen LogP contribution in [0.25, 0.3) is 6.08 Å². The highest BCUT2D eigenvalue weighted by molar-refractivity contribution is 7.10. The number of thiophene rings is 1. The zero-order valence-corrected chi connectivity index (χ0v) is 20.8. The van der Waals surface area contributed by atoms with E-state index in [9.17, 15) is 19.2 Å². The first-order chi connectivity index (χ1) is 16.7. The third-order valence-electron chi connectivity index (χ3n) is 5.03. The summed E-state index contributed by atoms with van der Waals surface area (Å²) < 4.78 is 17.1. The molecule has 4 rings (SSSR count). The van der Waals surface area contributed by atoms with Crippen molar-refractivity contribution in [2.75, 3.05) is 7.11 Å². The van der Waals surface area contributed by atoms with Crippen molar-refractivity contribution in [2.45, 2.75) is 26.8 Å². The maximum atomic E-state index is 13.6. The number of rotatable bonds is 5. The number of fused-ring (bicyclic) bond motifs is 1. The fourth-order valence-corrected chi connectivity index (χ4v) is 5.52. The lowest BCUT2D eigenvalue weighted by Gasteiger charge is -2.22. The Kier molecular flexibility index (Phi) is 6.81. The molecule has 0 radical (unpaired) electrons. The van der Waals surface area contributed by atoms with E-state index in [4.69, 9.17) is 14.2 Å². The molecule has 1 aromatic carbocycles. The lowest BCUT2D eigenvalue weighted by molar-refractivity contribution is -0.137.